The molecule has 1 heterocycles. The molecule has 0 saturated carbocycles. The van der Waals surface area contributed by atoms with E-state index in [1.807, 2.05) is 0 Å². The van der Waals surface area contributed by atoms with E-state index >= 15 is 0 Å². The quantitative estimate of drug-likeness (QED) is 0.442. The van der Waals surface area contributed by atoms with Gasteiger partial charge in [0.25, 0.3) is 0 Å². The molecule has 0 N–H and O–H groups in total. The molecule has 4 aromatic rings. The van der Waals surface area contributed by atoms with Crippen molar-refractivity contribution in [3.63, 3.8) is 0 Å². The van der Waals surface area contributed by atoms with Crippen LogP contribution in [0.25, 0.3) is 32.8 Å². The van der Waals surface area contributed by atoms with Crippen molar-refractivity contribution in [2.24, 2.45) is 7.05 Å². The van der Waals surface area contributed by atoms with Crippen molar-refractivity contribution in [3.05, 3.63) is 72.4 Å². The van der Waals surface area contributed by atoms with E-state index in [2.05, 4.69) is 85.4 Å². The molecule has 0 unspecified atom stereocenters. The van der Waals surface area contributed by atoms with E-state index in [9.17, 15) is 0 Å². The van der Waals surface area contributed by atoms with E-state index in [0.717, 1.165) is 0 Å². The van der Waals surface area contributed by atoms with Gasteiger partial charge < -0.3 is 4.57 Å². The largest absolute Gasteiger partial charge is 0.350 e. The third kappa shape index (κ3) is 1.78. The predicted molar refractivity (Wildman–Crippen MR) is 90.6 cm³/mol. The van der Waals surface area contributed by atoms with Gasteiger partial charge in [-0.1, -0.05) is 54.6 Å². The zero-order valence-corrected chi connectivity index (χ0v) is 12.3. The Kier molecular flexibility index (Phi) is 2.61. The molecule has 0 bridgehead atoms. The molecule has 3 aromatic carbocycles. The summed E-state index contributed by atoms with van der Waals surface area (Å²) in [6.07, 6.45) is 2.25. The van der Waals surface area contributed by atoms with E-state index in [-0.39, 0.29) is 0 Å². The minimum atomic E-state index is 1.28. The van der Waals surface area contributed by atoms with Crippen LogP contribution in [0.3, 0.4) is 0 Å². The van der Waals surface area contributed by atoms with Crippen molar-refractivity contribution >= 4 is 21.7 Å². The average Bonchev–Trinajstić information content (AvgIpc) is 2.85. The Morgan fingerprint density at radius 3 is 2.33 bits per heavy atom. The van der Waals surface area contributed by atoms with Crippen LogP contribution >= 0.6 is 0 Å². The third-order valence-corrected chi connectivity index (χ3v) is 4.30. The third-order valence-electron chi connectivity index (χ3n) is 4.30. The monoisotopic (exact) mass is 271 g/mol. The SMILES string of the molecule is Cc1ccc2ccccc2c1-c1cn(C)c2ccccc12. The van der Waals surface area contributed by atoms with Crippen molar-refractivity contribution in [2.75, 3.05) is 0 Å². The lowest BCUT2D eigenvalue weighted by atomic mass is 9.94. The Morgan fingerprint density at radius 2 is 1.48 bits per heavy atom. The van der Waals surface area contributed by atoms with Crippen LogP contribution in [0.1, 0.15) is 5.56 Å². The van der Waals surface area contributed by atoms with E-state index in [0.29, 0.717) is 0 Å². The number of aryl methyl sites for hydroxylation is 2. The summed E-state index contributed by atoms with van der Waals surface area (Å²) in [5.41, 5.74) is 5.28. The molecule has 102 valence electrons. The summed E-state index contributed by atoms with van der Waals surface area (Å²) in [5.74, 6) is 0. The smallest absolute Gasteiger partial charge is 0.0484 e. The number of rotatable bonds is 1. The Balaban J connectivity index is 2.16. The van der Waals surface area contributed by atoms with Crippen LogP contribution in [0.2, 0.25) is 0 Å². The summed E-state index contributed by atoms with van der Waals surface area (Å²) in [7, 11) is 2.12. The molecule has 0 fully saturated rings. The summed E-state index contributed by atoms with van der Waals surface area (Å²) in [6, 6.07) is 21.7. The zero-order valence-electron chi connectivity index (χ0n) is 12.3. The lowest BCUT2D eigenvalue weighted by Crippen LogP contribution is -1.85. The molecule has 21 heavy (non-hydrogen) atoms. The fraction of sp³-hybridized carbons (Fsp3) is 0.100. The Labute approximate surface area is 124 Å². The number of benzene rings is 3. The number of hydrogen-bond donors (Lipinski definition) is 0. The standard InChI is InChI=1S/C20H17N/c1-14-11-12-15-7-3-4-8-16(15)20(14)18-13-21(2)19-10-6-5-9-17(18)19/h3-13H,1-2H3. The summed E-state index contributed by atoms with van der Waals surface area (Å²) < 4.78 is 2.21. The predicted octanol–water partition coefficient (Wildman–Crippen LogP) is 5.31. The molecule has 0 aliphatic heterocycles. The van der Waals surface area contributed by atoms with E-state index < -0.39 is 0 Å². The number of aromatic nitrogens is 1. The molecular formula is C20H17N. The maximum absolute atomic E-state index is 2.25. The van der Waals surface area contributed by atoms with Gasteiger partial charge in [0.1, 0.15) is 0 Å². The highest BCUT2D eigenvalue weighted by Gasteiger charge is 2.13. The van der Waals surface area contributed by atoms with Crippen LogP contribution in [0, 0.1) is 6.92 Å². The van der Waals surface area contributed by atoms with Gasteiger partial charge in [0, 0.05) is 29.7 Å². The molecule has 1 heteroatoms. The van der Waals surface area contributed by atoms with Crippen molar-refractivity contribution in [1.29, 1.82) is 0 Å². The van der Waals surface area contributed by atoms with Gasteiger partial charge >= 0.3 is 0 Å². The molecule has 0 saturated heterocycles. The first kappa shape index (κ1) is 12.2. The molecule has 1 aromatic heterocycles. The molecule has 0 radical (unpaired) electrons. The zero-order chi connectivity index (χ0) is 14.4. The van der Waals surface area contributed by atoms with Crippen molar-refractivity contribution in [1.82, 2.24) is 4.57 Å². The fourth-order valence-electron chi connectivity index (χ4n) is 3.28. The van der Waals surface area contributed by atoms with Gasteiger partial charge in [0.15, 0.2) is 0 Å². The van der Waals surface area contributed by atoms with Crippen LogP contribution in [-0.4, -0.2) is 4.57 Å². The topological polar surface area (TPSA) is 4.93 Å². The molecule has 0 atom stereocenters. The number of hydrogen-bond acceptors (Lipinski definition) is 0. The van der Waals surface area contributed by atoms with Gasteiger partial charge in [-0.05, 0) is 34.9 Å². The molecule has 0 aliphatic rings. The molecular weight excluding hydrogens is 254 g/mol. The second-order valence-electron chi connectivity index (χ2n) is 5.65. The summed E-state index contributed by atoms with van der Waals surface area (Å²) >= 11 is 0. The first-order valence-electron chi connectivity index (χ1n) is 7.28. The highest BCUT2D eigenvalue weighted by Crippen LogP contribution is 2.37. The molecule has 0 spiro atoms. The van der Waals surface area contributed by atoms with Gasteiger partial charge in [-0.3, -0.25) is 0 Å². The lowest BCUT2D eigenvalue weighted by Gasteiger charge is -2.09. The highest BCUT2D eigenvalue weighted by atomic mass is 14.9. The van der Waals surface area contributed by atoms with Crippen LogP contribution in [-0.2, 0) is 7.05 Å². The highest BCUT2D eigenvalue weighted by molar-refractivity contribution is 6.06. The Bertz CT molecular complexity index is 960. The summed E-state index contributed by atoms with van der Waals surface area (Å²) in [4.78, 5) is 0. The van der Waals surface area contributed by atoms with E-state index in [4.69, 9.17) is 0 Å². The minimum absolute atomic E-state index is 1.28. The van der Waals surface area contributed by atoms with Crippen molar-refractivity contribution < 1.29 is 0 Å². The fourth-order valence-corrected chi connectivity index (χ4v) is 3.28. The maximum Gasteiger partial charge on any atom is 0.0484 e. The van der Waals surface area contributed by atoms with E-state index in [1.54, 1.807) is 0 Å². The first-order chi connectivity index (χ1) is 10.3. The second-order valence-corrected chi connectivity index (χ2v) is 5.65. The van der Waals surface area contributed by atoms with Gasteiger partial charge in [-0.15, -0.1) is 0 Å². The van der Waals surface area contributed by atoms with Gasteiger partial charge in [0.05, 0.1) is 0 Å². The molecule has 4 rings (SSSR count). The van der Waals surface area contributed by atoms with Crippen LogP contribution in [0.4, 0.5) is 0 Å². The van der Waals surface area contributed by atoms with Crippen molar-refractivity contribution in [3.8, 4) is 11.1 Å². The number of para-hydroxylation sites is 1. The molecule has 1 nitrogen and oxygen atoms in total. The lowest BCUT2D eigenvalue weighted by molar-refractivity contribution is 0.970. The van der Waals surface area contributed by atoms with Crippen LogP contribution in [0.15, 0.2) is 66.9 Å². The Morgan fingerprint density at radius 1 is 0.762 bits per heavy atom. The summed E-state index contributed by atoms with van der Waals surface area (Å²) in [6.45, 7) is 2.20. The molecule has 0 aliphatic carbocycles. The normalized spacial score (nSPS) is 11.3. The molecule has 0 amide bonds. The van der Waals surface area contributed by atoms with Crippen molar-refractivity contribution in [2.45, 2.75) is 6.92 Å². The van der Waals surface area contributed by atoms with Crippen LogP contribution < -0.4 is 0 Å². The first-order valence-corrected chi connectivity index (χ1v) is 7.28. The van der Waals surface area contributed by atoms with E-state index in [1.165, 1.54) is 38.4 Å². The van der Waals surface area contributed by atoms with Gasteiger partial charge in [0.2, 0.25) is 0 Å². The minimum Gasteiger partial charge on any atom is -0.350 e. The maximum atomic E-state index is 2.25. The Hall–Kier alpha value is -2.54. The number of fused-ring (bicyclic) bond motifs is 2. The van der Waals surface area contributed by atoms with Gasteiger partial charge in [-0.2, -0.15) is 0 Å². The summed E-state index contributed by atoms with van der Waals surface area (Å²) in [5, 5.41) is 3.94. The van der Waals surface area contributed by atoms with Gasteiger partial charge in [-0.25, -0.2) is 0 Å². The van der Waals surface area contributed by atoms with Crippen LogP contribution in [0.5, 0.6) is 0 Å². The number of nitrogens with zero attached hydrogens (tertiary/aromatic N) is 1. The average molecular weight is 271 g/mol. The second kappa shape index (κ2) is 4.49.